The monoisotopic (exact) mass is 408 g/mol. The van der Waals surface area contributed by atoms with Crippen LogP contribution in [0.25, 0.3) is 0 Å². The molecule has 2 aliphatic heterocycles. The molecule has 0 N–H and O–H groups in total. The molecule has 0 aromatic carbocycles. The molecule has 1 amide bonds. The van der Waals surface area contributed by atoms with E-state index in [4.69, 9.17) is 0 Å². The number of carbonyl (C=O) groups excluding carboxylic acids is 1. The zero-order chi connectivity index (χ0) is 19.8. The SMILES string of the molecule is Cn1cnc(S(=O)(=O)N2CCC3(CCC(CC(=O)N4CCCC4)CC3)CC2)c1. The Morgan fingerprint density at radius 1 is 1.11 bits per heavy atom. The van der Waals surface area contributed by atoms with Crippen molar-refractivity contribution in [3.63, 3.8) is 0 Å². The average molecular weight is 409 g/mol. The number of amides is 1. The van der Waals surface area contributed by atoms with Gasteiger partial charge in [0.2, 0.25) is 5.91 Å². The van der Waals surface area contributed by atoms with Crippen LogP contribution in [-0.2, 0) is 21.9 Å². The first-order valence-electron chi connectivity index (χ1n) is 10.6. The molecule has 3 fully saturated rings. The van der Waals surface area contributed by atoms with Crippen molar-refractivity contribution in [3.8, 4) is 0 Å². The molecule has 1 aromatic heterocycles. The van der Waals surface area contributed by atoms with E-state index < -0.39 is 10.0 Å². The van der Waals surface area contributed by atoms with Crippen LogP contribution in [0.15, 0.2) is 17.6 Å². The van der Waals surface area contributed by atoms with Gasteiger partial charge in [-0.1, -0.05) is 0 Å². The predicted octanol–water partition coefficient (Wildman–Crippen LogP) is 2.39. The molecule has 4 rings (SSSR count). The summed E-state index contributed by atoms with van der Waals surface area (Å²) in [6.07, 6.45) is 12.4. The molecule has 7 nitrogen and oxygen atoms in total. The molecule has 0 bridgehead atoms. The van der Waals surface area contributed by atoms with Gasteiger partial charge in [0.15, 0.2) is 5.03 Å². The van der Waals surface area contributed by atoms with Crippen LogP contribution in [-0.4, -0.2) is 59.3 Å². The van der Waals surface area contributed by atoms with E-state index in [0.717, 1.165) is 64.5 Å². The van der Waals surface area contributed by atoms with Crippen molar-refractivity contribution in [1.82, 2.24) is 18.8 Å². The van der Waals surface area contributed by atoms with Gasteiger partial charge in [0, 0.05) is 45.8 Å². The molecule has 156 valence electrons. The summed E-state index contributed by atoms with van der Waals surface area (Å²) in [5.41, 5.74) is 0.267. The van der Waals surface area contributed by atoms with E-state index in [1.807, 2.05) is 4.90 Å². The van der Waals surface area contributed by atoms with Gasteiger partial charge < -0.3 is 9.47 Å². The number of aryl methyl sites for hydroxylation is 1. The third kappa shape index (κ3) is 3.99. The van der Waals surface area contributed by atoms with Gasteiger partial charge in [-0.25, -0.2) is 13.4 Å². The summed E-state index contributed by atoms with van der Waals surface area (Å²) in [5.74, 6) is 0.851. The Bertz CT molecular complexity index is 795. The second kappa shape index (κ2) is 7.78. The highest BCUT2D eigenvalue weighted by atomic mass is 32.2. The third-order valence-electron chi connectivity index (χ3n) is 7.16. The molecule has 3 aliphatic rings. The number of piperidine rings is 1. The number of rotatable bonds is 4. The van der Waals surface area contributed by atoms with E-state index in [-0.39, 0.29) is 10.4 Å². The van der Waals surface area contributed by atoms with Gasteiger partial charge in [0.25, 0.3) is 10.0 Å². The van der Waals surface area contributed by atoms with Gasteiger partial charge in [0.1, 0.15) is 0 Å². The fraction of sp³-hybridized carbons (Fsp3) is 0.800. The molecule has 3 heterocycles. The summed E-state index contributed by atoms with van der Waals surface area (Å²) >= 11 is 0. The van der Waals surface area contributed by atoms with Crippen LogP contribution < -0.4 is 0 Å². The van der Waals surface area contributed by atoms with E-state index in [2.05, 4.69) is 4.98 Å². The van der Waals surface area contributed by atoms with Gasteiger partial charge in [-0.2, -0.15) is 4.31 Å². The zero-order valence-electron chi connectivity index (χ0n) is 16.8. The van der Waals surface area contributed by atoms with Gasteiger partial charge in [-0.15, -0.1) is 0 Å². The van der Waals surface area contributed by atoms with Crippen LogP contribution in [0.2, 0.25) is 0 Å². The largest absolute Gasteiger partial charge is 0.343 e. The maximum atomic E-state index is 12.8. The van der Waals surface area contributed by atoms with Crippen LogP contribution in [0.5, 0.6) is 0 Å². The Labute approximate surface area is 168 Å². The molecule has 0 radical (unpaired) electrons. The normalized spacial score (nSPS) is 24.1. The Kier molecular flexibility index (Phi) is 5.53. The smallest absolute Gasteiger partial charge is 0.262 e. The average Bonchev–Trinajstić information content (AvgIpc) is 3.36. The second-order valence-electron chi connectivity index (χ2n) is 9.02. The van der Waals surface area contributed by atoms with Crippen molar-refractivity contribution in [2.24, 2.45) is 18.4 Å². The summed E-state index contributed by atoms with van der Waals surface area (Å²) in [5, 5.41) is 0.148. The molecule has 8 heteroatoms. The minimum absolute atomic E-state index is 0.148. The maximum Gasteiger partial charge on any atom is 0.262 e. The first kappa shape index (κ1) is 19.9. The maximum absolute atomic E-state index is 12.8. The molecule has 1 aromatic rings. The highest BCUT2D eigenvalue weighted by Crippen LogP contribution is 2.47. The summed E-state index contributed by atoms with van der Waals surface area (Å²) in [6, 6.07) is 0. The zero-order valence-corrected chi connectivity index (χ0v) is 17.7. The number of nitrogens with zero attached hydrogens (tertiary/aromatic N) is 4. The number of hydrogen-bond donors (Lipinski definition) is 0. The fourth-order valence-electron chi connectivity index (χ4n) is 5.19. The molecular weight excluding hydrogens is 376 g/mol. The number of carbonyl (C=O) groups is 1. The summed E-state index contributed by atoms with van der Waals surface area (Å²) in [4.78, 5) is 18.5. The van der Waals surface area contributed by atoms with Gasteiger partial charge >= 0.3 is 0 Å². The van der Waals surface area contributed by atoms with Crippen LogP contribution in [0.3, 0.4) is 0 Å². The number of sulfonamides is 1. The lowest BCUT2D eigenvalue weighted by atomic mass is 9.65. The minimum Gasteiger partial charge on any atom is -0.343 e. The third-order valence-corrected chi connectivity index (χ3v) is 8.94. The Balaban J connectivity index is 1.29. The number of hydrogen-bond acceptors (Lipinski definition) is 4. The topological polar surface area (TPSA) is 75.5 Å². The quantitative estimate of drug-likeness (QED) is 0.767. The number of likely N-dealkylation sites (tertiary alicyclic amines) is 1. The van der Waals surface area contributed by atoms with Crippen molar-refractivity contribution in [1.29, 1.82) is 0 Å². The summed E-state index contributed by atoms with van der Waals surface area (Å²) in [7, 11) is -1.70. The van der Waals surface area contributed by atoms with E-state index in [9.17, 15) is 13.2 Å². The Hall–Kier alpha value is -1.41. The molecular formula is C20H32N4O3S. The molecule has 1 aliphatic carbocycles. The van der Waals surface area contributed by atoms with Crippen LogP contribution in [0.4, 0.5) is 0 Å². The molecule has 0 atom stereocenters. The first-order valence-corrected chi connectivity index (χ1v) is 12.1. The molecule has 28 heavy (non-hydrogen) atoms. The first-order chi connectivity index (χ1) is 13.4. The van der Waals surface area contributed by atoms with Crippen LogP contribution in [0, 0.1) is 11.3 Å². The van der Waals surface area contributed by atoms with E-state index in [1.165, 1.54) is 6.33 Å². The van der Waals surface area contributed by atoms with Crippen LogP contribution in [0.1, 0.15) is 57.8 Å². The minimum atomic E-state index is -3.48. The van der Waals surface area contributed by atoms with Crippen molar-refractivity contribution < 1.29 is 13.2 Å². The van der Waals surface area contributed by atoms with Crippen molar-refractivity contribution >= 4 is 15.9 Å². The van der Waals surface area contributed by atoms with E-state index in [0.29, 0.717) is 31.3 Å². The Morgan fingerprint density at radius 3 is 2.32 bits per heavy atom. The molecule has 0 unspecified atom stereocenters. The lowest BCUT2D eigenvalue weighted by molar-refractivity contribution is -0.131. The predicted molar refractivity (Wildman–Crippen MR) is 106 cm³/mol. The van der Waals surface area contributed by atoms with Crippen molar-refractivity contribution in [3.05, 3.63) is 12.5 Å². The lowest BCUT2D eigenvalue weighted by Crippen LogP contribution is -2.44. The second-order valence-corrected chi connectivity index (χ2v) is 10.9. The lowest BCUT2D eigenvalue weighted by Gasteiger charge is -2.45. The highest BCUT2D eigenvalue weighted by Gasteiger charge is 2.41. The van der Waals surface area contributed by atoms with E-state index in [1.54, 1.807) is 22.1 Å². The molecule has 1 saturated carbocycles. The Morgan fingerprint density at radius 2 is 1.75 bits per heavy atom. The van der Waals surface area contributed by atoms with Gasteiger partial charge in [-0.05, 0) is 62.7 Å². The highest BCUT2D eigenvalue weighted by molar-refractivity contribution is 7.89. The van der Waals surface area contributed by atoms with Crippen molar-refractivity contribution in [2.45, 2.75) is 62.8 Å². The molecule has 2 saturated heterocycles. The van der Waals surface area contributed by atoms with E-state index >= 15 is 0 Å². The molecule has 1 spiro atoms. The summed E-state index contributed by atoms with van der Waals surface area (Å²) < 4.78 is 28.8. The number of aromatic nitrogens is 2. The van der Waals surface area contributed by atoms with Crippen molar-refractivity contribution in [2.75, 3.05) is 26.2 Å². The fourth-order valence-corrected chi connectivity index (χ4v) is 6.60. The summed E-state index contributed by atoms with van der Waals surface area (Å²) in [6.45, 7) is 3.04. The van der Waals surface area contributed by atoms with Crippen LogP contribution >= 0.6 is 0 Å². The van der Waals surface area contributed by atoms with Gasteiger partial charge in [-0.3, -0.25) is 4.79 Å². The van der Waals surface area contributed by atoms with Gasteiger partial charge in [0.05, 0.1) is 6.33 Å². The standard InChI is InChI=1S/C20H32N4O3S/c1-22-15-18(21-16-22)28(26,27)24-12-8-20(9-13-24)6-4-17(5-7-20)14-19(25)23-10-2-3-11-23/h15-17H,2-14H2,1H3. The number of imidazole rings is 1.